The molecule has 0 aromatic carbocycles. The number of hydrogen-bond donors (Lipinski definition) is 0. The lowest BCUT2D eigenvalue weighted by atomic mass is 10.2. The molecular formula is C11H16O3S. The van der Waals surface area contributed by atoms with Crippen LogP contribution in [0, 0.1) is 0 Å². The standard InChI is InChI=1S/C11H16O3S/c1-3-13-11(14-4-2)10(12)8-9-6-5-7-15-9/h5-7,11H,3-4,8H2,1-2H3. The number of thiophene rings is 1. The number of rotatable bonds is 7. The molecule has 0 radical (unpaired) electrons. The van der Waals surface area contributed by atoms with Crippen LogP contribution < -0.4 is 0 Å². The zero-order valence-electron chi connectivity index (χ0n) is 9.06. The summed E-state index contributed by atoms with van der Waals surface area (Å²) >= 11 is 1.57. The van der Waals surface area contributed by atoms with E-state index in [0.717, 1.165) is 4.88 Å². The van der Waals surface area contributed by atoms with Crippen molar-refractivity contribution in [3.8, 4) is 0 Å². The summed E-state index contributed by atoms with van der Waals surface area (Å²) in [7, 11) is 0. The molecule has 15 heavy (non-hydrogen) atoms. The van der Waals surface area contributed by atoms with Gasteiger partial charge in [-0.1, -0.05) is 6.07 Å². The first kappa shape index (κ1) is 12.4. The predicted molar refractivity (Wildman–Crippen MR) is 60.1 cm³/mol. The van der Waals surface area contributed by atoms with Crippen molar-refractivity contribution in [3.63, 3.8) is 0 Å². The molecule has 0 N–H and O–H groups in total. The summed E-state index contributed by atoms with van der Waals surface area (Å²) in [5.41, 5.74) is 0. The summed E-state index contributed by atoms with van der Waals surface area (Å²) in [4.78, 5) is 12.8. The van der Waals surface area contributed by atoms with Gasteiger partial charge in [0.1, 0.15) is 0 Å². The lowest BCUT2D eigenvalue weighted by Gasteiger charge is -2.14. The Labute approximate surface area is 94.0 Å². The molecule has 0 fully saturated rings. The molecule has 0 aliphatic rings. The maximum Gasteiger partial charge on any atom is 0.218 e. The summed E-state index contributed by atoms with van der Waals surface area (Å²) in [5.74, 6) is -0.0128. The SMILES string of the molecule is CCOC(OCC)C(=O)Cc1cccs1. The molecule has 84 valence electrons. The fourth-order valence-corrected chi connectivity index (χ4v) is 1.92. The van der Waals surface area contributed by atoms with E-state index < -0.39 is 6.29 Å². The number of ether oxygens (including phenoxy) is 2. The molecule has 4 heteroatoms. The molecule has 0 spiro atoms. The average Bonchev–Trinajstić information content (AvgIpc) is 2.70. The van der Waals surface area contributed by atoms with Gasteiger partial charge in [0.25, 0.3) is 0 Å². The van der Waals surface area contributed by atoms with Gasteiger partial charge < -0.3 is 9.47 Å². The van der Waals surface area contributed by atoms with Gasteiger partial charge in [0.2, 0.25) is 6.29 Å². The van der Waals surface area contributed by atoms with Crippen LogP contribution in [0.3, 0.4) is 0 Å². The molecule has 3 nitrogen and oxygen atoms in total. The molecule has 1 rings (SSSR count). The minimum Gasteiger partial charge on any atom is -0.346 e. The molecule has 0 bridgehead atoms. The van der Waals surface area contributed by atoms with Crippen molar-refractivity contribution in [2.24, 2.45) is 0 Å². The predicted octanol–water partition coefficient (Wildman–Crippen LogP) is 2.26. The Balaban J connectivity index is 2.48. The van der Waals surface area contributed by atoms with E-state index in [9.17, 15) is 4.79 Å². The van der Waals surface area contributed by atoms with Gasteiger partial charge in [-0.3, -0.25) is 4.79 Å². The summed E-state index contributed by atoms with van der Waals surface area (Å²) in [5, 5.41) is 1.96. The van der Waals surface area contributed by atoms with Gasteiger partial charge in [0, 0.05) is 24.5 Å². The van der Waals surface area contributed by atoms with E-state index in [1.54, 1.807) is 11.3 Å². The van der Waals surface area contributed by atoms with Crippen LogP contribution in [0.15, 0.2) is 17.5 Å². The Morgan fingerprint density at radius 1 is 1.40 bits per heavy atom. The van der Waals surface area contributed by atoms with Crippen molar-refractivity contribution in [1.82, 2.24) is 0 Å². The second-order valence-corrected chi connectivity index (χ2v) is 4.00. The molecule has 0 amide bonds. The zero-order chi connectivity index (χ0) is 11.1. The third-order valence-electron chi connectivity index (χ3n) is 1.83. The zero-order valence-corrected chi connectivity index (χ0v) is 9.88. The molecular weight excluding hydrogens is 212 g/mol. The second kappa shape index (κ2) is 6.71. The number of carbonyl (C=O) groups is 1. The van der Waals surface area contributed by atoms with E-state index in [2.05, 4.69) is 0 Å². The van der Waals surface area contributed by atoms with Crippen molar-refractivity contribution < 1.29 is 14.3 Å². The number of Topliss-reactive ketones (excluding diaryl/α,β-unsaturated/α-hetero) is 1. The van der Waals surface area contributed by atoms with Crippen molar-refractivity contribution in [3.05, 3.63) is 22.4 Å². The first-order chi connectivity index (χ1) is 7.27. The van der Waals surface area contributed by atoms with Gasteiger partial charge >= 0.3 is 0 Å². The Kier molecular flexibility index (Phi) is 5.53. The fourth-order valence-electron chi connectivity index (χ4n) is 1.20. The highest BCUT2D eigenvalue weighted by Gasteiger charge is 2.18. The highest BCUT2D eigenvalue weighted by molar-refractivity contribution is 7.10. The molecule has 1 heterocycles. The molecule has 0 aliphatic heterocycles. The van der Waals surface area contributed by atoms with E-state index in [4.69, 9.17) is 9.47 Å². The Morgan fingerprint density at radius 2 is 2.07 bits per heavy atom. The topological polar surface area (TPSA) is 35.5 Å². The van der Waals surface area contributed by atoms with Crippen molar-refractivity contribution in [1.29, 1.82) is 0 Å². The van der Waals surface area contributed by atoms with Gasteiger partial charge in [-0.2, -0.15) is 0 Å². The smallest absolute Gasteiger partial charge is 0.218 e. The highest BCUT2D eigenvalue weighted by Crippen LogP contribution is 2.11. The van der Waals surface area contributed by atoms with Crippen LogP contribution >= 0.6 is 11.3 Å². The van der Waals surface area contributed by atoms with E-state index in [0.29, 0.717) is 19.6 Å². The van der Waals surface area contributed by atoms with Gasteiger partial charge in [0.15, 0.2) is 5.78 Å². The van der Waals surface area contributed by atoms with Crippen molar-refractivity contribution in [2.45, 2.75) is 26.6 Å². The largest absolute Gasteiger partial charge is 0.346 e. The number of hydrogen-bond acceptors (Lipinski definition) is 4. The van der Waals surface area contributed by atoms with Crippen LogP contribution in [-0.2, 0) is 20.7 Å². The monoisotopic (exact) mass is 228 g/mol. The molecule has 1 aromatic heterocycles. The summed E-state index contributed by atoms with van der Waals surface area (Å²) in [6.07, 6.45) is -0.315. The number of carbonyl (C=O) groups excluding carboxylic acids is 1. The van der Waals surface area contributed by atoms with Crippen LogP contribution in [0.25, 0.3) is 0 Å². The van der Waals surface area contributed by atoms with E-state index in [1.807, 2.05) is 31.4 Å². The van der Waals surface area contributed by atoms with Crippen LogP contribution in [0.2, 0.25) is 0 Å². The normalized spacial score (nSPS) is 10.9. The van der Waals surface area contributed by atoms with Crippen molar-refractivity contribution in [2.75, 3.05) is 13.2 Å². The number of ketones is 1. The second-order valence-electron chi connectivity index (χ2n) is 2.97. The fraction of sp³-hybridized carbons (Fsp3) is 0.545. The summed E-state index contributed by atoms with van der Waals surface area (Å²) in [6, 6.07) is 3.88. The van der Waals surface area contributed by atoms with Gasteiger partial charge in [-0.15, -0.1) is 11.3 Å². The van der Waals surface area contributed by atoms with Gasteiger partial charge in [0.05, 0.1) is 0 Å². The van der Waals surface area contributed by atoms with E-state index in [1.165, 1.54) is 0 Å². The van der Waals surface area contributed by atoms with Gasteiger partial charge in [-0.05, 0) is 25.3 Å². The van der Waals surface area contributed by atoms with E-state index >= 15 is 0 Å². The van der Waals surface area contributed by atoms with Crippen LogP contribution in [0.5, 0.6) is 0 Å². The Bertz CT molecular complexity index is 276. The van der Waals surface area contributed by atoms with Crippen LogP contribution in [0.1, 0.15) is 18.7 Å². The first-order valence-electron chi connectivity index (χ1n) is 5.06. The average molecular weight is 228 g/mol. The lowest BCUT2D eigenvalue weighted by Crippen LogP contribution is -2.28. The maximum absolute atomic E-state index is 11.7. The van der Waals surface area contributed by atoms with Crippen LogP contribution in [-0.4, -0.2) is 25.3 Å². The Hall–Kier alpha value is -0.710. The Morgan fingerprint density at radius 3 is 2.53 bits per heavy atom. The third kappa shape index (κ3) is 4.11. The molecule has 1 aromatic rings. The minimum absolute atomic E-state index is 0.0128. The third-order valence-corrected chi connectivity index (χ3v) is 2.70. The molecule has 0 aliphatic carbocycles. The van der Waals surface area contributed by atoms with Crippen molar-refractivity contribution >= 4 is 17.1 Å². The molecule has 0 saturated carbocycles. The molecule has 0 saturated heterocycles. The molecule has 0 unspecified atom stereocenters. The molecule has 0 atom stereocenters. The first-order valence-corrected chi connectivity index (χ1v) is 5.94. The van der Waals surface area contributed by atoms with E-state index in [-0.39, 0.29) is 5.78 Å². The minimum atomic E-state index is -0.706. The van der Waals surface area contributed by atoms with Crippen LogP contribution in [0.4, 0.5) is 0 Å². The summed E-state index contributed by atoms with van der Waals surface area (Å²) < 4.78 is 10.5. The highest BCUT2D eigenvalue weighted by atomic mass is 32.1. The summed E-state index contributed by atoms with van der Waals surface area (Å²) in [6.45, 7) is 4.68. The maximum atomic E-state index is 11.7. The quantitative estimate of drug-likeness (QED) is 0.671. The lowest BCUT2D eigenvalue weighted by molar-refractivity contribution is -0.167. The van der Waals surface area contributed by atoms with Gasteiger partial charge in [-0.25, -0.2) is 0 Å².